The van der Waals surface area contributed by atoms with Crippen molar-refractivity contribution < 1.29 is 0 Å². The van der Waals surface area contributed by atoms with Crippen molar-refractivity contribution in [2.75, 3.05) is 13.6 Å². The van der Waals surface area contributed by atoms with Crippen LogP contribution < -0.4 is 5.73 Å². The summed E-state index contributed by atoms with van der Waals surface area (Å²) in [6.07, 6.45) is 2.48. The van der Waals surface area contributed by atoms with Gasteiger partial charge >= 0.3 is 0 Å². The van der Waals surface area contributed by atoms with E-state index in [-0.39, 0.29) is 0 Å². The summed E-state index contributed by atoms with van der Waals surface area (Å²) >= 11 is 5.25. The molecule has 98 valence electrons. The Bertz CT molecular complexity index is 327. The second kappa shape index (κ2) is 7.52. The Morgan fingerprint density at radius 2 is 2.24 bits per heavy atom. The van der Waals surface area contributed by atoms with Crippen molar-refractivity contribution in [2.24, 2.45) is 11.7 Å². The number of nitrogens with zero attached hydrogens (tertiary/aromatic N) is 1. The molecule has 0 radical (unpaired) electrons. The molecule has 0 amide bonds. The molecule has 0 aliphatic rings. The first-order valence-corrected chi connectivity index (χ1v) is 7.89. The normalized spacial score (nSPS) is 15.2. The molecule has 2 nitrogen and oxygen atoms in total. The first kappa shape index (κ1) is 15.2. The Morgan fingerprint density at radius 1 is 1.53 bits per heavy atom. The summed E-state index contributed by atoms with van der Waals surface area (Å²) in [5, 5.41) is 2.21. The minimum atomic E-state index is 0.480. The van der Waals surface area contributed by atoms with Crippen molar-refractivity contribution in [1.82, 2.24) is 4.90 Å². The number of likely N-dealkylation sites (N-methyl/N-ethyl adjacent to an activating group) is 1. The molecular weight excluding hydrogens is 296 g/mol. The molecule has 1 aromatic heterocycles. The van der Waals surface area contributed by atoms with Gasteiger partial charge in [-0.1, -0.05) is 20.3 Å². The van der Waals surface area contributed by atoms with Crippen molar-refractivity contribution >= 4 is 27.3 Å². The number of thiophene rings is 1. The van der Waals surface area contributed by atoms with Gasteiger partial charge in [0.2, 0.25) is 0 Å². The molecule has 0 spiro atoms. The topological polar surface area (TPSA) is 29.3 Å². The van der Waals surface area contributed by atoms with E-state index in [2.05, 4.69) is 53.2 Å². The van der Waals surface area contributed by atoms with Crippen molar-refractivity contribution in [2.45, 2.75) is 39.3 Å². The summed E-state index contributed by atoms with van der Waals surface area (Å²) in [7, 11) is 2.18. The van der Waals surface area contributed by atoms with E-state index in [1.807, 2.05) is 0 Å². The average Bonchev–Trinajstić information content (AvgIpc) is 2.65. The summed E-state index contributed by atoms with van der Waals surface area (Å²) in [6.45, 7) is 6.27. The highest BCUT2D eigenvalue weighted by molar-refractivity contribution is 9.11. The third-order valence-corrected chi connectivity index (χ3v) is 4.82. The number of hydrogen-bond donors (Lipinski definition) is 1. The summed E-state index contributed by atoms with van der Waals surface area (Å²) in [6, 6.07) is 2.67. The van der Waals surface area contributed by atoms with E-state index in [0.29, 0.717) is 12.0 Å². The van der Waals surface area contributed by atoms with E-state index in [1.165, 1.54) is 22.2 Å². The Morgan fingerprint density at radius 3 is 2.71 bits per heavy atom. The van der Waals surface area contributed by atoms with Gasteiger partial charge in [0.25, 0.3) is 0 Å². The van der Waals surface area contributed by atoms with Crippen molar-refractivity contribution in [3.05, 3.63) is 20.8 Å². The van der Waals surface area contributed by atoms with Crippen molar-refractivity contribution in [1.29, 1.82) is 0 Å². The quantitative estimate of drug-likeness (QED) is 0.830. The van der Waals surface area contributed by atoms with Gasteiger partial charge in [0.15, 0.2) is 0 Å². The van der Waals surface area contributed by atoms with E-state index < -0.39 is 0 Å². The fourth-order valence-electron chi connectivity index (χ4n) is 2.33. The predicted molar refractivity (Wildman–Crippen MR) is 80.4 cm³/mol. The van der Waals surface area contributed by atoms with Crippen LogP contribution in [-0.2, 0) is 6.54 Å². The number of hydrogen-bond acceptors (Lipinski definition) is 3. The molecule has 0 saturated heterocycles. The van der Waals surface area contributed by atoms with E-state index >= 15 is 0 Å². The number of rotatable bonds is 7. The summed E-state index contributed by atoms with van der Waals surface area (Å²) < 4.78 is 1.20. The zero-order chi connectivity index (χ0) is 12.8. The third kappa shape index (κ3) is 4.70. The second-order valence-electron chi connectivity index (χ2n) is 4.74. The zero-order valence-electron chi connectivity index (χ0n) is 10.9. The first-order chi connectivity index (χ1) is 8.08. The molecule has 0 aliphatic carbocycles. The SMILES string of the molecule is CCCC(C)C(CN)N(C)Cc1csc(Br)c1. The average molecular weight is 319 g/mol. The van der Waals surface area contributed by atoms with Gasteiger partial charge in [-0.05, 0) is 52.3 Å². The molecule has 0 fully saturated rings. The van der Waals surface area contributed by atoms with Crippen LogP contribution >= 0.6 is 27.3 Å². The lowest BCUT2D eigenvalue weighted by molar-refractivity contribution is 0.174. The Balaban J connectivity index is 2.56. The first-order valence-electron chi connectivity index (χ1n) is 6.21. The van der Waals surface area contributed by atoms with Gasteiger partial charge in [-0.2, -0.15) is 0 Å². The van der Waals surface area contributed by atoms with Crippen LogP contribution in [0.25, 0.3) is 0 Å². The number of halogens is 1. The van der Waals surface area contributed by atoms with Gasteiger partial charge in [0.1, 0.15) is 0 Å². The lowest BCUT2D eigenvalue weighted by atomic mass is 9.95. The van der Waals surface area contributed by atoms with Crippen LogP contribution in [0.3, 0.4) is 0 Å². The van der Waals surface area contributed by atoms with Crippen LogP contribution in [0.15, 0.2) is 15.2 Å². The molecule has 1 rings (SSSR count). The van der Waals surface area contributed by atoms with Gasteiger partial charge in [-0.3, -0.25) is 4.90 Å². The maximum atomic E-state index is 5.92. The standard InChI is InChI=1S/C13H23BrN2S/c1-4-5-10(2)12(7-15)16(3)8-11-6-13(14)17-9-11/h6,9-10,12H,4-5,7-8,15H2,1-3H3. The van der Waals surface area contributed by atoms with Crippen molar-refractivity contribution in [3.63, 3.8) is 0 Å². The Hall–Kier alpha value is 0.100. The fraction of sp³-hybridized carbons (Fsp3) is 0.692. The molecule has 1 heterocycles. The maximum Gasteiger partial charge on any atom is 0.0701 e. The minimum absolute atomic E-state index is 0.480. The van der Waals surface area contributed by atoms with E-state index in [9.17, 15) is 0 Å². The monoisotopic (exact) mass is 318 g/mol. The highest BCUT2D eigenvalue weighted by atomic mass is 79.9. The molecule has 0 bridgehead atoms. The molecule has 2 unspecified atom stereocenters. The molecule has 17 heavy (non-hydrogen) atoms. The van der Waals surface area contributed by atoms with E-state index in [1.54, 1.807) is 11.3 Å². The number of nitrogens with two attached hydrogens (primary N) is 1. The third-order valence-electron chi connectivity index (χ3n) is 3.26. The summed E-state index contributed by atoms with van der Waals surface area (Å²) in [5.41, 5.74) is 7.28. The Labute approximate surface area is 117 Å². The Kier molecular flexibility index (Phi) is 6.70. The van der Waals surface area contributed by atoms with Crippen LogP contribution in [0.4, 0.5) is 0 Å². The highest BCUT2D eigenvalue weighted by Gasteiger charge is 2.20. The van der Waals surface area contributed by atoms with Gasteiger partial charge in [-0.15, -0.1) is 11.3 Å². The van der Waals surface area contributed by atoms with Gasteiger partial charge in [-0.25, -0.2) is 0 Å². The molecule has 2 N–H and O–H groups in total. The van der Waals surface area contributed by atoms with Crippen LogP contribution in [0.1, 0.15) is 32.3 Å². The van der Waals surface area contributed by atoms with E-state index in [4.69, 9.17) is 5.73 Å². The summed E-state index contributed by atoms with van der Waals surface area (Å²) in [4.78, 5) is 2.38. The fourth-order valence-corrected chi connectivity index (χ4v) is 3.53. The van der Waals surface area contributed by atoms with Crippen LogP contribution in [0.5, 0.6) is 0 Å². The van der Waals surface area contributed by atoms with E-state index in [0.717, 1.165) is 13.1 Å². The molecule has 0 saturated carbocycles. The lowest BCUT2D eigenvalue weighted by Gasteiger charge is -2.31. The van der Waals surface area contributed by atoms with Crippen molar-refractivity contribution in [3.8, 4) is 0 Å². The molecule has 0 aromatic carbocycles. The van der Waals surface area contributed by atoms with Crippen LogP contribution in [-0.4, -0.2) is 24.5 Å². The maximum absolute atomic E-state index is 5.92. The van der Waals surface area contributed by atoms with Crippen LogP contribution in [0, 0.1) is 5.92 Å². The smallest absolute Gasteiger partial charge is 0.0701 e. The minimum Gasteiger partial charge on any atom is -0.329 e. The van der Waals surface area contributed by atoms with Gasteiger partial charge in [0, 0.05) is 19.1 Å². The summed E-state index contributed by atoms with van der Waals surface area (Å²) in [5.74, 6) is 0.664. The molecule has 1 aromatic rings. The molecule has 0 aliphatic heterocycles. The zero-order valence-corrected chi connectivity index (χ0v) is 13.4. The molecule has 4 heteroatoms. The lowest BCUT2D eigenvalue weighted by Crippen LogP contribution is -2.42. The largest absolute Gasteiger partial charge is 0.329 e. The predicted octanol–water partition coefficient (Wildman–Crippen LogP) is 3.71. The van der Waals surface area contributed by atoms with Crippen LogP contribution in [0.2, 0.25) is 0 Å². The highest BCUT2D eigenvalue weighted by Crippen LogP contribution is 2.23. The van der Waals surface area contributed by atoms with Gasteiger partial charge in [0.05, 0.1) is 3.79 Å². The van der Waals surface area contributed by atoms with Gasteiger partial charge < -0.3 is 5.73 Å². The second-order valence-corrected chi connectivity index (χ2v) is 7.03. The molecular formula is C13H23BrN2S. The molecule has 2 atom stereocenters.